The molecular formula is C47H34N2. The SMILES string of the molecule is [2H]c1c([2H])c([2H])c2c(-c3cccc(-n4c(C([2H])([2H])C([2H])([2H])[2H])nc5ccccc54)c3)c3c([2H])c([2H])c([2H])c([2H])c3c(-c3cc(-c4ccccc4)cc(-c4ccccc4)c3)c2c1[2H]. The molecule has 9 rings (SSSR count). The molecule has 0 aliphatic carbocycles. The van der Waals surface area contributed by atoms with E-state index < -0.39 is 67.4 Å². The summed E-state index contributed by atoms with van der Waals surface area (Å²) in [4.78, 5) is 4.45. The van der Waals surface area contributed by atoms with E-state index in [1.807, 2.05) is 78.9 Å². The Morgan fingerprint density at radius 2 is 1.04 bits per heavy atom. The Kier molecular flexibility index (Phi) is 4.52. The van der Waals surface area contributed by atoms with Crippen LogP contribution in [0.2, 0.25) is 0 Å². The summed E-state index contributed by atoms with van der Waals surface area (Å²) >= 11 is 0. The molecule has 49 heavy (non-hydrogen) atoms. The lowest BCUT2D eigenvalue weighted by Gasteiger charge is -2.20. The molecule has 0 fully saturated rings. The van der Waals surface area contributed by atoms with Crippen LogP contribution in [-0.2, 0) is 6.37 Å². The van der Waals surface area contributed by atoms with Crippen molar-refractivity contribution in [3.05, 3.63) is 182 Å². The number of para-hydroxylation sites is 2. The van der Waals surface area contributed by atoms with Gasteiger partial charge in [0.2, 0.25) is 0 Å². The lowest BCUT2D eigenvalue weighted by molar-refractivity contribution is 0.908. The quantitative estimate of drug-likeness (QED) is 0.166. The van der Waals surface area contributed by atoms with Crippen LogP contribution in [0, 0.1) is 0 Å². The fraction of sp³-hybridized carbons (Fsp3) is 0.0426. The molecule has 0 N–H and O–H groups in total. The van der Waals surface area contributed by atoms with Crippen molar-refractivity contribution in [1.82, 2.24) is 9.55 Å². The van der Waals surface area contributed by atoms with Gasteiger partial charge in [0.1, 0.15) is 5.82 Å². The molecule has 0 aliphatic rings. The van der Waals surface area contributed by atoms with Crippen LogP contribution < -0.4 is 0 Å². The lowest BCUT2D eigenvalue weighted by atomic mass is 9.84. The molecule has 9 aromatic rings. The molecule has 0 aliphatic heterocycles. The molecule has 0 saturated carbocycles. The summed E-state index contributed by atoms with van der Waals surface area (Å²) in [6.07, 6.45) is -2.92. The zero-order valence-electron chi connectivity index (χ0n) is 39.0. The Morgan fingerprint density at radius 3 is 1.63 bits per heavy atom. The van der Waals surface area contributed by atoms with E-state index >= 15 is 0 Å². The summed E-state index contributed by atoms with van der Waals surface area (Å²) < 4.78 is 117. The van der Waals surface area contributed by atoms with E-state index in [1.54, 1.807) is 48.5 Å². The smallest absolute Gasteiger partial charge is 0.114 e. The molecule has 232 valence electrons. The molecule has 0 unspecified atom stereocenters. The standard InChI is InChI=1S/C47H34N2/c1-2-45-48-43-26-13-14-27-44(43)49(45)38-21-15-20-34(31-38)46-39-22-9-11-24-41(39)47(42-25-12-10-23-40(42)46)37-29-35(32-16-5-3-6-17-32)28-36(30-37)33-18-7-4-8-19-33/h3-31H,2H2,1H3/i1D3,2D2,9D,10D,11D,12D,22D,23D,24D,25D. The van der Waals surface area contributed by atoms with Gasteiger partial charge in [0.05, 0.1) is 22.0 Å². The van der Waals surface area contributed by atoms with E-state index in [0.29, 0.717) is 16.6 Å². The van der Waals surface area contributed by atoms with Crippen LogP contribution >= 0.6 is 0 Å². The first-order chi connectivity index (χ1) is 29.5. The fourth-order valence-electron chi connectivity index (χ4n) is 6.74. The highest BCUT2D eigenvalue weighted by Gasteiger charge is 2.19. The van der Waals surface area contributed by atoms with Crippen molar-refractivity contribution < 1.29 is 17.8 Å². The summed E-state index contributed by atoms with van der Waals surface area (Å²) in [6, 6.07) is 34.2. The minimum Gasteiger partial charge on any atom is -0.296 e. The van der Waals surface area contributed by atoms with Gasteiger partial charge in [-0.05, 0) is 109 Å². The molecule has 0 atom stereocenters. The van der Waals surface area contributed by atoms with E-state index in [2.05, 4.69) is 4.98 Å². The normalized spacial score (nSPS) is 15.8. The average molecular weight is 640 g/mol. The van der Waals surface area contributed by atoms with E-state index in [1.165, 1.54) is 4.57 Å². The third kappa shape index (κ3) is 5.01. The number of hydrogen-bond donors (Lipinski definition) is 0. The van der Waals surface area contributed by atoms with Crippen molar-refractivity contribution in [1.29, 1.82) is 0 Å². The second kappa shape index (κ2) is 12.1. The van der Waals surface area contributed by atoms with E-state index in [4.69, 9.17) is 12.3 Å². The molecular weight excluding hydrogens is 593 g/mol. The van der Waals surface area contributed by atoms with Gasteiger partial charge in [-0.1, -0.05) is 140 Å². The zero-order chi connectivity index (χ0) is 44.0. The number of nitrogens with zero attached hydrogens (tertiary/aromatic N) is 2. The molecule has 0 saturated heterocycles. The van der Waals surface area contributed by atoms with Crippen molar-refractivity contribution in [2.24, 2.45) is 0 Å². The van der Waals surface area contributed by atoms with Gasteiger partial charge >= 0.3 is 0 Å². The number of aryl methyl sites for hydroxylation is 1. The van der Waals surface area contributed by atoms with Gasteiger partial charge < -0.3 is 0 Å². The van der Waals surface area contributed by atoms with Gasteiger partial charge in [-0.25, -0.2) is 4.98 Å². The maximum atomic E-state index is 9.52. The molecule has 2 heteroatoms. The highest BCUT2D eigenvalue weighted by atomic mass is 15.1. The van der Waals surface area contributed by atoms with Crippen LogP contribution in [0.4, 0.5) is 0 Å². The molecule has 0 spiro atoms. The van der Waals surface area contributed by atoms with Crippen molar-refractivity contribution in [2.45, 2.75) is 13.2 Å². The number of hydrogen-bond acceptors (Lipinski definition) is 1. The molecule has 0 radical (unpaired) electrons. The van der Waals surface area contributed by atoms with Gasteiger partial charge in [0.15, 0.2) is 0 Å². The Balaban J connectivity index is 1.46. The van der Waals surface area contributed by atoms with E-state index in [0.717, 1.165) is 22.3 Å². The van der Waals surface area contributed by atoms with E-state index in [-0.39, 0.29) is 43.9 Å². The van der Waals surface area contributed by atoms with Crippen LogP contribution in [0.25, 0.3) is 82.8 Å². The third-order valence-corrected chi connectivity index (χ3v) is 8.88. The highest BCUT2D eigenvalue weighted by Crippen LogP contribution is 2.45. The summed E-state index contributed by atoms with van der Waals surface area (Å²) in [6.45, 7) is -3.11. The maximum absolute atomic E-state index is 9.52. The van der Waals surface area contributed by atoms with Gasteiger partial charge in [-0.2, -0.15) is 0 Å². The summed E-state index contributed by atoms with van der Waals surface area (Å²) in [5.41, 5.74) is 5.23. The third-order valence-electron chi connectivity index (χ3n) is 8.88. The lowest BCUT2D eigenvalue weighted by Crippen LogP contribution is -2.00. The van der Waals surface area contributed by atoms with Crippen molar-refractivity contribution in [3.63, 3.8) is 0 Å². The van der Waals surface area contributed by atoms with Crippen LogP contribution in [0.1, 0.15) is 30.5 Å². The van der Waals surface area contributed by atoms with Crippen LogP contribution in [0.3, 0.4) is 0 Å². The second-order valence-corrected chi connectivity index (χ2v) is 11.7. The highest BCUT2D eigenvalue weighted by molar-refractivity contribution is 6.21. The first-order valence-corrected chi connectivity index (χ1v) is 15.8. The summed E-state index contributed by atoms with van der Waals surface area (Å²) in [5.74, 6) is -0.391. The minimum absolute atomic E-state index is 0.000546. The van der Waals surface area contributed by atoms with Gasteiger partial charge in [0, 0.05) is 18.9 Å². The average Bonchev–Trinajstić information content (AvgIpc) is 3.68. The fourth-order valence-corrected chi connectivity index (χ4v) is 6.74. The van der Waals surface area contributed by atoms with Crippen molar-refractivity contribution in [2.75, 3.05) is 0 Å². The predicted octanol–water partition coefficient (Wildman–Crippen LogP) is 12.6. The summed E-state index contributed by atoms with van der Waals surface area (Å²) in [5, 5.41) is 0.0671. The predicted molar refractivity (Wildman–Crippen MR) is 207 cm³/mol. The van der Waals surface area contributed by atoms with Gasteiger partial charge in [0.25, 0.3) is 0 Å². The van der Waals surface area contributed by atoms with E-state index in [9.17, 15) is 5.48 Å². The van der Waals surface area contributed by atoms with Gasteiger partial charge in [-0.15, -0.1) is 0 Å². The summed E-state index contributed by atoms with van der Waals surface area (Å²) in [7, 11) is 0. The zero-order valence-corrected chi connectivity index (χ0v) is 26.0. The largest absolute Gasteiger partial charge is 0.296 e. The van der Waals surface area contributed by atoms with Crippen LogP contribution in [-0.4, -0.2) is 9.55 Å². The number of fused-ring (bicyclic) bond motifs is 3. The minimum atomic E-state index is -3.11. The Hall–Kier alpha value is -6.25. The monoisotopic (exact) mass is 639 g/mol. The number of rotatable bonds is 6. The second-order valence-electron chi connectivity index (χ2n) is 11.7. The molecule has 2 nitrogen and oxygen atoms in total. The molecule has 1 aromatic heterocycles. The molecule has 0 amide bonds. The molecule has 8 aromatic carbocycles. The topological polar surface area (TPSA) is 17.8 Å². The number of imidazole rings is 1. The molecule has 1 heterocycles. The van der Waals surface area contributed by atoms with Crippen LogP contribution in [0.15, 0.2) is 176 Å². The van der Waals surface area contributed by atoms with Gasteiger partial charge in [-0.3, -0.25) is 4.57 Å². The maximum Gasteiger partial charge on any atom is 0.114 e. The number of benzene rings is 8. The Morgan fingerprint density at radius 1 is 0.531 bits per heavy atom. The van der Waals surface area contributed by atoms with Crippen LogP contribution in [0.5, 0.6) is 0 Å². The number of aromatic nitrogens is 2. The molecule has 0 bridgehead atoms. The van der Waals surface area contributed by atoms with Crippen molar-refractivity contribution in [3.8, 4) is 50.2 Å². The first-order valence-electron chi connectivity index (χ1n) is 22.3. The first kappa shape index (κ1) is 18.3. The Bertz CT molecular complexity index is 3150. The Labute approximate surface area is 304 Å². The van der Waals surface area contributed by atoms with Crippen molar-refractivity contribution >= 4 is 32.6 Å².